The van der Waals surface area contributed by atoms with Crippen LogP contribution in [0.5, 0.6) is 5.88 Å². The molecule has 0 radical (unpaired) electrons. The Balaban J connectivity index is 1.56. The highest BCUT2D eigenvalue weighted by Crippen LogP contribution is 2.27. The zero-order chi connectivity index (χ0) is 18.1. The van der Waals surface area contributed by atoms with Crippen LogP contribution in [-0.2, 0) is 10.0 Å². The number of hydrogen-bond donors (Lipinski definition) is 0. The number of sulfonamides is 1. The van der Waals surface area contributed by atoms with Gasteiger partial charge in [0.15, 0.2) is 0 Å². The van der Waals surface area contributed by atoms with Crippen molar-refractivity contribution in [2.24, 2.45) is 0 Å². The topological polar surface area (TPSA) is 72.4 Å². The van der Waals surface area contributed by atoms with E-state index in [-0.39, 0.29) is 11.0 Å². The minimum absolute atomic E-state index is 0.206. The van der Waals surface area contributed by atoms with Gasteiger partial charge in [-0.3, -0.25) is 4.98 Å². The predicted octanol–water partition coefficient (Wildman–Crippen LogP) is 2.78. The highest BCUT2D eigenvalue weighted by Gasteiger charge is 2.34. The Morgan fingerprint density at radius 2 is 1.96 bits per heavy atom. The maximum absolute atomic E-state index is 13.1. The van der Waals surface area contributed by atoms with E-state index >= 15 is 0 Å². The summed E-state index contributed by atoms with van der Waals surface area (Å²) in [5, 5.41) is 0.810. The predicted molar refractivity (Wildman–Crippen MR) is 98.5 cm³/mol. The molecule has 0 bridgehead atoms. The lowest BCUT2D eigenvalue weighted by Gasteiger charge is -2.18. The largest absolute Gasteiger partial charge is 0.473 e. The van der Waals surface area contributed by atoms with Crippen molar-refractivity contribution in [1.29, 1.82) is 0 Å². The second-order valence-electron chi connectivity index (χ2n) is 6.40. The number of para-hydroxylation sites is 1. The summed E-state index contributed by atoms with van der Waals surface area (Å²) in [6, 6.07) is 12.6. The summed E-state index contributed by atoms with van der Waals surface area (Å²) in [7, 11) is -3.63. The number of aryl methyl sites for hydroxylation is 1. The third-order valence-corrected chi connectivity index (χ3v) is 6.39. The Labute approximate surface area is 152 Å². The molecule has 1 saturated heterocycles. The molecule has 0 N–H and O–H groups in total. The maximum atomic E-state index is 13.1. The SMILES string of the molecule is Cc1ccc(OC2CCN(S(=O)(=O)c3cccc4cccnc34)C2)nc1. The van der Waals surface area contributed by atoms with Crippen molar-refractivity contribution < 1.29 is 13.2 Å². The van der Waals surface area contributed by atoms with Gasteiger partial charge in [0, 0.05) is 30.4 Å². The summed E-state index contributed by atoms with van der Waals surface area (Å²) in [5.41, 5.74) is 1.55. The smallest absolute Gasteiger partial charge is 0.245 e. The van der Waals surface area contributed by atoms with Crippen LogP contribution in [0.3, 0.4) is 0 Å². The number of benzene rings is 1. The number of fused-ring (bicyclic) bond motifs is 1. The second-order valence-corrected chi connectivity index (χ2v) is 8.30. The fourth-order valence-corrected chi connectivity index (χ4v) is 4.78. The number of nitrogens with zero attached hydrogens (tertiary/aromatic N) is 3. The summed E-state index contributed by atoms with van der Waals surface area (Å²) < 4.78 is 33.5. The van der Waals surface area contributed by atoms with Crippen LogP contribution in [-0.4, -0.2) is 41.9 Å². The molecule has 0 aliphatic carbocycles. The lowest BCUT2D eigenvalue weighted by Crippen LogP contribution is -2.31. The molecule has 0 amide bonds. The first-order chi connectivity index (χ1) is 12.5. The minimum atomic E-state index is -3.63. The third-order valence-electron chi connectivity index (χ3n) is 4.49. The number of aromatic nitrogens is 2. The van der Waals surface area contributed by atoms with Crippen molar-refractivity contribution in [2.45, 2.75) is 24.3 Å². The van der Waals surface area contributed by atoms with E-state index in [0.717, 1.165) is 10.9 Å². The Morgan fingerprint density at radius 3 is 2.77 bits per heavy atom. The Hall–Kier alpha value is -2.51. The first-order valence-corrected chi connectivity index (χ1v) is 9.91. The van der Waals surface area contributed by atoms with Gasteiger partial charge in [-0.05, 0) is 31.0 Å². The molecule has 3 aromatic rings. The van der Waals surface area contributed by atoms with Gasteiger partial charge in [-0.15, -0.1) is 0 Å². The lowest BCUT2D eigenvalue weighted by molar-refractivity contribution is 0.207. The molecule has 0 saturated carbocycles. The molecule has 1 aromatic carbocycles. The van der Waals surface area contributed by atoms with Gasteiger partial charge in [-0.1, -0.05) is 24.3 Å². The van der Waals surface area contributed by atoms with Gasteiger partial charge in [0.25, 0.3) is 0 Å². The van der Waals surface area contributed by atoms with E-state index in [0.29, 0.717) is 30.9 Å². The van der Waals surface area contributed by atoms with Crippen molar-refractivity contribution in [3.63, 3.8) is 0 Å². The average molecular weight is 369 g/mol. The van der Waals surface area contributed by atoms with E-state index in [4.69, 9.17) is 4.74 Å². The Morgan fingerprint density at radius 1 is 1.12 bits per heavy atom. The number of hydrogen-bond acceptors (Lipinski definition) is 5. The summed E-state index contributed by atoms with van der Waals surface area (Å²) in [5.74, 6) is 0.520. The van der Waals surface area contributed by atoms with E-state index in [1.54, 1.807) is 36.7 Å². The normalized spacial score (nSPS) is 18.3. The second kappa shape index (κ2) is 6.66. The Bertz CT molecular complexity index is 1030. The first-order valence-electron chi connectivity index (χ1n) is 8.47. The molecule has 6 nitrogen and oxygen atoms in total. The molecule has 7 heteroatoms. The Kier molecular flexibility index (Phi) is 4.34. The molecule has 1 aliphatic heterocycles. The number of pyridine rings is 2. The quantitative estimate of drug-likeness (QED) is 0.707. The molecular weight excluding hydrogens is 350 g/mol. The molecule has 1 fully saturated rings. The molecule has 2 aromatic heterocycles. The van der Waals surface area contributed by atoms with Gasteiger partial charge >= 0.3 is 0 Å². The van der Waals surface area contributed by atoms with Crippen molar-refractivity contribution in [2.75, 3.05) is 13.1 Å². The minimum Gasteiger partial charge on any atom is -0.473 e. The molecule has 3 heterocycles. The first kappa shape index (κ1) is 16.9. The molecule has 26 heavy (non-hydrogen) atoms. The van der Waals surface area contributed by atoms with E-state index in [2.05, 4.69) is 9.97 Å². The molecule has 1 unspecified atom stereocenters. The van der Waals surface area contributed by atoms with Crippen LogP contribution in [0.2, 0.25) is 0 Å². The van der Waals surface area contributed by atoms with Crippen LogP contribution in [0.4, 0.5) is 0 Å². The van der Waals surface area contributed by atoms with Crippen LogP contribution in [0.15, 0.2) is 59.8 Å². The average Bonchev–Trinajstić information content (AvgIpc) is 3.12. The number of ether oxygens (including phenoxy) is 1. The van der Waals surface area contributed by atoms with Crippen LogP contribution in [0.25, 0.3) is 10.9 Å². The van der Waals surface area contributed by atoms with Gasteiger partial charge in [-0.2, -0.15) is 4.31 Å². The van der Waals surface area contributed by atoms with Crippen molar-refractivity contribution in [1.82, 2.24) is 14.3 Å². The highest BCUT2D eigenvalue weighted by molar-refractivity contribution is 7.89. The zero-order valence-corrected chi connectivity index (χ0v) is 15.2. The van der Waals surface area contributed by atoms with Crippen molar-refractivity contribution in [3.05, 3.63) is 60.4 Å². The third kappa shape index (κ3) is 3.15. The molecular formula is C19H19N3O3S. The monoisotopic (exact) mass is 369 g/mol. The summed E-state index contributed by atoms with van der Waals surface area (Å²) >= 11 is 0. The van der Waals surface area contributed by atoms with Gasteiger partial charge < -0.3 is 4.74 Å². The van der Waals surface area contributed by atoms with E-state index < -0.39 is 10.0 Å². The maximum Gasteiger partial charge on any atom is 0.245 e. The van der Waals surface area contributed by atoms with Crippen LogP contribution in [0, 0.1) is 6.92 Å². The van der Waals surface area contributed by atoms with Gasteiger partial charge in [0.2, 0.25) is 15.9 Å². The van der Waals surface area contributed by atoms with Crippen LogP contribution in [0.1, 0.15) is 12.0 Å². The zero-order valence-electron chi connectivity index (χ0n) is 14.4. The van der Waals surface area contributed by atoms with Gasteiger partial charge in [-0.25, -0.2) is 13.4 Å². The number of rotatable bonds is 4. The van der Waals surface area contributed by atoms with Gasteiger partial charge in [0.05, 0.1) is 12.1 Å². The highest BCUT2D eigenvalue weighted by atomic mass is 32.2. The van der Waals surface area contributed by atoms with Crippen molar-refractivity contribution in [3.8, 4) is 5.88 Å². The van der Waals surface area contributed by atoms with E-state index in [9.17, 15) is 8.42 Å². The fourth-order valence-electron chi connectivity index (χ4n) is 3.13. The van der Waals surface area contributed by atoms with Crippen LogP contribution >= 0.6 is 0 Å². The van der Waals surface area contributed by atoms with Crippen LogP contribution < -0.4 is 4.74 Å². The molecule has 1 atom stereocenters. The summed E-state index contributed by atoms with van der Waals surface area (Å²) in [6.07, 6.45) is 3.77. The van der Waals surface area contributed by atoms with E-state index in [1.165, 1.54) is 4.31 Å². The van der Waals surface area contributed by atoms with E-state index in [1.807, 2.05) is 25.1 Å². The lowest BCUT2D eigenvalue weighted by atomic mass is 10.2. The summed E-state index contributed by atoms with van der Waals surface area (Å²) in [6.45, 7) is 2.68. The fraction of sp³-hybridized carbons (Fsp3) is 0.263. The standard InChI is InChI=1S/C19H19N3O3S/c1-14-7-8-18(21-12-14)25-16-9-11-22(13-16)26(23,24)17-6-2-4-15-5-3-10-20-19(15)17/h2-8,10,12,16H,9,11,13H2,1H3. The molecule has 1 aliphatic rings. The van der Waals surface area contributed by atoms with Crippen molar-refractivity contribution >= 4 is 20.9 Å². The van der Waals surface area contributed by atoms with Gasteiger partial charge in [0.1, 0.15) is 11.0 Å². The molecule has 134 valence electrons. The molecule has 4 rings (SSSR count). The molecule has 0 spiro atoms. The summed E-state index contributed by atoms with van der Waals surface area (Å²) in [4.78, 5) is 8.74.